The van der Waals surface area contributed by atoms with E-state index in [1.165, 1.54) is 6.92 Å². The van der Waals surface area contributed by atoms with Crippen LogP contribution >= 0.6 is 15.9 Å². The van der Waals surface area contributed by atoms with Crippen molar-refractivity contribution in [3.63, 3.8) is 0 Å². The number of hydrogen-bond acceptors (Lipinski definition) is 4. The Morgan fingerprint density at radius 3 is 2.48 bits per heavy atom. The second kappa shape index (κ2) is 7.01. The fourth-order valence-electron chi connectivity index (χ4n) is 1.40. The second-order valence-corrected chi connectivity index (χ2v) is 4.14. The van der Waals surface area contributed by atoms with E-state index in [0.717, 1.165) is 0 Å². The number of hydrogen-bond donors (Lipinski definition) is 0. The van der Waals surface area contributed by atoms with Gasteiger partial charge in [-0.15, -0.1) is 13.2 Å². The first-order chi connectivity index (χ1) is 9.69. The lowest BCUT2D eigenvalue weighted by Gasteiger charge is -2.15. The number of carbonyl (C=O) groups is 1. The lowest BCUT2D eigenvalue weighted by atomic mass is 10.1. The van der Waals surface area contributed by atoms with Crippen LogP contribution in [0.3, 0.4) is 0 Å². The van der Waals surface area contributed by atoms with E-state index in [1.54, 1.807) is 0 Å². The van der Waals surface area contributed by atoms with Crippen molar-refractivity contribution in [2.45, 2.75) is 25.0 Å². The number of rotatable bonds is 5. The van der Waals surface area contributed by atoms with E-state index in [9.17, 15) is 26.7 Å². The molecule has 0 atom stereocenters. The fraction of sp³-hybridized carbons (Fsp3) is 0.455. The lowest BCUT2D eigenvalue weighted by Crippen LogP contribution is -2.21. The Bertz CT molecular complexity index is 521. The summed E-state index contributed by atoms with van der Waals surface area (Å²) < 4.78 is 70.8. The van der Waals surface area contributed by atoms with Crippen molar-refractivity contribution < 1.29 is 36.2 Å². The van der Waals surface area contributed by atoms with Crippen LogP contribution in [0.25, 0.3) is 0 Å². The third-order valence-corrected chi connectivity index (χ3v) is 2.75. The lowest BCUT2D eigenvalue weighted by molar-refractivity contribution is -0.276. The van der Waals surface area contributed by atoms with Gasteiger partial charge in [-0.2, -0.15) is 0 Å². The maximum absolute atomic E-state index is 12.9. The van der Waals surface area contributed by atoms with Crippen molar-refractivity contribution in [2.75, 3.05) is 6.61 Å². The molecule has 0 aromatic carbocycles. The van der Waals surface area contributed by atoms with Gasteiger partial charge < -0.3 is 9.47 Å². The van der Waals surface area contributed by atoms with Crippen molar-refractivity contribution in [2.24, 2.45) is 0 Å². The van der Waals surface area contributed by atoms with Crippen LogP contribution in [-0.2, 0) is 10.1 Å². The summed E-state index contributed by atoms with van der Waals surface area (Å²) in [6.45, 7) is 1.37. The summed E-state index contributed by atoms with van der Waals surface area (Å²) in [5, 5.41) is -0.353. The molecule has 0 aliphatic carbocycles. The minimum Gasteiger partial charge on any atom is -0.461 e. The number of halogens is 6. The second-order valence-electron chi connectivity index (χ2n) is 3.58. The van der Waals surface area contributed by atoms with E-state index in [2.05, 4.69) is 30.4 Å². The molecule has 10 heteroatoms. The third kappa shape index (κ3) is 4.80. The van der Waals surface area contributed by atoms with E-state index in [0.29, 0.717) is 6.07 Å². The molecule has 0 amide bonds. The van der Waals surface area contributed by atoms with Crippen LogP contribution in [-0.4, -0.2) is 23.9 Å². The molecule has 0 bridgehead atoms. The zero-order valence-corrected chi connectivity index (χ0v) is 12.1. The molecule has 0 N–H and O–H groups in total. The van der Waals surface area contributed by atoms with Gasteiger partial charge in [-0.1, -0.05) is 15.9 Å². The summed E-state index contributed by atoms with van der Waals surface area (Å²) in [4.78, 5) is 14.8. The summed E-state index contributed by atoms with van der Waals surface area (Å²) in [5.74, 6) is -2.23. The molecular formula is C11H9BrF5NO3. The van der Waals surface area contributed by atoms with E-state index in [-0.39, 0.29) is 11.9 Å². The topological polar surface area (TPSA) is 48.4 Å². The molecule has 4 nitrogen and oxygen atoms in total. The number of aromatic nitrogens is 1. The van der Waals surface area contributed by atoms with Crippen LogP contribution in [0.15, 0.2) is 6.07 Å². The van der Waals surface area contributed by atoms with Crippen LogP contribution in [0.4, 0.5) is 22.0 Å². The number of nitrogens with zero attached hydrogens (tertiary/aromatic N) is 1. The van der Waals surface area contributed by atoms with Crippen LogP contribution in [0, 0.1) is 0 Å². The molecule has 118 valence electrons. The normalized spacial score (nSPS) is 11.6. The average Bonchev–Trinajstić information content (AvgIpc) is 2.36. The maximum atomic E-state index is 12.9. The third-order valence-electron chi connectivity index (χ3n) is 2.19. The minimum atomic E-state index is -5.13. The first-order valence-electron chi connectivity index (χ1n) is 5.50. The molecular weight excluding hydrogens is 369 g/mol. The van der Waals surface area contributed by atoms with Gasteiger partial charge in [0.1, 0.15) is 0 Å². The molecule has 1 aromatic heterocycles. The van der Waals surface area contributed by atoms with E-state index in [1.807, 2.05) is 0 Å². The highest BCUT2D eigenvalue weighted by molar-refractivity contribution is 9.08. The smallest absolute Gasteiger partial charge is 0.461 e. The van der Waals surface area contributed by atoms with Crippen LogP contribution < -0.4 is 4.74 Å². The molecule has 0 unspecified atom stereocenters. The molecule has 1 rings (SSSR count). The van der Waals surface area contributed by atoms with Crippen molar-refractivity contribution >= 4 is 21.9 Å². The van der Waals surface area contributed by atoms with Gasteiger partial charge >= 0.3 is 12.3 Å². The van der Waals surface area contributed by atoms with Gasteiger partial charge in [0.05, 0.1) is 6.61 Å². The Morgan fingerprint density at radius 1 is 1.43 bits per heavy atom. The molecule has 21 heavy (non-hydrogen) atoms. The van der Waals surface area contributed by atoms with Gasteiger partial charge in [0.15, 0.2) is 5.69 Å². The van der Waals surface area contributed by atoms with Crippen molar-refractivity contribution in [1.82, 2.24) is 4.98 Å². The number of ether oxygens (including phenoxy) is 2. The van der Waals surface area contributed by atoms with Gasteiger partial charge in [0.25, 0.3) is 6.43 Å². The Labute approximate surface area is 124 Å². The van der Waals surface area contributed by atoms with E-state index >= 15 is 0 Å². The molecule has 0 aliphatic heterocycles. The zero-order valence-electron chi connectivity index (χ0n) is 10.5. The summed E-state index contributed by atoms with van der Waals surface area (Å²) in [6.07, 6.45) is -8.24. The predicted octanol–water partition coefficient (Wildman–Crippen LogP) is 3.99. The summed E-state index contributed by atoms with van der Waals surface area (Å²) in [5.41, 5.74) is -1.96. The number of alkyl halides is 6. The molecule has 0 saturated carbocycles. The highest BCUT2D eigenvalue weighted by Crippen LogP contribution is 2.34. The molecule has 0 aliphatic rings. The van der Waals surface area contributed by atoms with Crippen LogP contribution in [0.2, 0.25) is 0 Å². The summed E-state index contributed by atoms with van der Waals surface area (Å²) in [6, 6.07) is 0.683. The largest absolute Gasteiger partial charge is 0.574 e. The Morgan fingerprint density at radius 2 is 2.05 bits per heavy atom. The van der Waals surface area contributed by atoms with Crippen molar-refractivity contribution in [1.29, 1.82) is 0 Å². The van der Waals surface area contributed by atoms with Gasteiger partial charge in [0, 0.05) is 16.5 Å². The Hall–Kier alpha value is -1.45. The summed E-state index contributed by atoms with van der Waals surface area (Å²) in [7, 11) is 0. The van der Waals surface area contributed by atoms with Gasteiger partial charge in [-0.3, -0.25) is 0 Å². The number of esters is 1. The van der Waals surface area contributed by atoms with Gasteiger partial charge in [-0.05, 0) is 13.0 Å². The van der Waals surface area contributed by atoms with Gasteiger partial charge in [0.2, 0.25) is 5.88 Å². The quantitative estimate of drug-likeness (QED) is 0.442. The Balaban J connectivity index is 3.40. The molecule has 1 aromatic rings. The summed E-state index contributed by atoms with van der Waals surface area (Å²) >= 11 is 2.79. The van der Waals surface area contributed by atoms with Crippen LogP contribution in [0.5, 0.6) is 5.88 Å². The molecule has 0 radical (unpaired) electrons. The SMILES string of the molecule is CCOC(=O)c1cc(C(F)F)c(CBr)c(OC(F)(F)F)n1. The van der Waals surface area contributed by atoms with Crippen molar-refractivity contribution in [3.8, 4) is 5.88 Å². The monoisotopic (exact) mass is 377 g/mol. The Kier molecular flexibility index (Phi) is 5.87. The van der Waals surface area contributed by atoms with Crippen molar-refractivity contribution in [3.05, 3.63) is 22.9 Å². The fourth-order valence-corrected chi connectivity index (χ4v) is 1.96. The number of carbonyl (C=O) groups excluding carboxylic acids is 1. The molecule has 0 fully saturated rings. The highest BCUT2D eigenvalue weighted by atomic mass is 79.9. The molecule has 1 heterocycles. The average molecular weight is 378 g/mol. The first-order valence-corrected chi connectivity index (χ1v) is 6.62. The highest BCUT2D eigenvalue weighted by Gasteiger charge is 2.34. The maximum Gasteiger partial charge on any atom is 0.574 e. The van der Waals surface area contributed by atoms with E-state index in [4.69, 9.17) is 0 Å². The molecule has 0 spiro atoms. The van der Waals surface area contributed by atoms with Crippen LogP contribution in [0.1, 0.15) is 35.0 Å². The zero-order chi connectivity index (χ0) is 16.2. The van der Waals surface area contributed by atoms with Gasteiger partial charge in [-0.25, -0.2) is 18.6 Å². The number of pyridine rings is 1. The first kappa shape index (κ1) is 17.6. The standard InChI is InChI=1S/C11H9BrF5NO3/c1-2-20-10(19)7-3-5(8(13)14)6(4-12)9(18-7)21-11(15,16)17/h3,8H,2,4H2,1H3. The minimum absolute atomic E-state index is 0.0832. The predicted molar refractivity (Wildman–Crippen MR) is 64.5 cm³/mol. The van der Waals surface area contributed by atoms with E-state index < -0.39 is 41.5 Å². The molecule has 0 saturated heterocycles.